The Bertz CT molecular complexity index is 1630. The molecule has 0 aliphatic carbocycles. The van der Waals surface area contributed by atoms with Crippen molar-refractivity contribution in [1.82, 2.24) is 29.5 Å². The van der Waals surface area contributed by atoms with Crippen molar-refractivity contribution in [2.75, 3.05) is 10.6 Å². The highest BCUT2D eigenvalue weighted by molar-refractivity contribution is 6.12. The Kier molecular flexibility index (Phi) is 4.94. The van der Waals surface area contributed by atoms with Gasteiger partial charge in [-0.2, -0.15) is 10.2 Å². The van der Waals surface area contributed by atoms with Crippen molar-refractivity contribution in [3.8, 4) is 12.3 Å². The predicted molar refractivity (Wildman–Crippen MR) is 126 cm³/mol. The van der Waals surface area contributed by atoms with E-state index in [9.17, 15) is 9.18 Å². The zero-order valence-electron chi connectivity index (χ0n) is 18.4. The van der Waals surface area contributed by atoms with Crippen molar-refractivity contribution in [3.63, 3.8) is 0 Å². The molecule has 2 N–H and O–H groups in total. The topological polar surface area (TPSA) is 108 Å². The van der Waals surface area contributed by atoms with Gasteiger partial charge in [-0.3, -0.25) is 24.0 Å². The van der Waals surface area contributed by atoms with E-state index in [2.05, 4.69) is 26.1 Å². The van der Waals surface area contributed by atoms with Crippen molar-refractivity contribution < 1.29 is 9.18 Å². The molecular formula is C24H19FN8O. The number of nitrogens with two attached hydrogens (primary N) is 1. The monoisotopic (exact) mass is 454 g/mol. The molecular weight excluding hydrogens is 435 g/mol. The number of amides is 1. The number of pyridine rings is 2. The summed E-state index contributed by atoms with van der Waals surface area (Å²) >= 11 is 0. The fourth-order valence-corrected chi connectivity index (χ4v) is 3.89. The molecule has 0 unspecified atom stereocenters. The second-order valence-corrected chi connectivity index (χ2v) is 7.82. The number of rotatable bonds is 4. The lowest BCUT2D eigenvalue weighted by Gasteiger charge is -2.21. The Balaban J connectivity index is 1.61. The highest BCUT2D eigenvalue weighted by Gasteiger charge is 2.23. The molecule has 0 radical (unpaired) electrons. The first-order valence-electron chi connectivity index (χ1n) is 10.3. The summed E-state index contributed by atoms with van der Waals surface area (Å²) in [6.07, 6.45) is 11.6. The number of aryl methyl sites for hydroxylation is 2. The molecule has 5 rings (SSSR count). The molecule has 0 bridgehead atoms. The van der Waals surface area contributed by atoms with Crippen molar-refractivity contribution in [2.24, 2.45) is 14.1 Å². The highest BCUT2D eigenvalue weighted by Crippen LogP contribution is 2.29. The lowest BCUT2D eigenvalue weighted by molar-refractivity contribution is 0.0984. The minimum atomic E-state index is -0.591. The zero-order chi connectivity index (χ0) is 24.0. The third-order valence-corrected chi connectivity index (χ3v) is 5.59. The Morgan fingerprint density at radius 1 is 1.18 bits per heavy atom. The summed E-state index contributed by atoms with van der Waals surface area (Å²) in [7, 11) is 3.53. The van der Waals surface area contributed by atoms with E-state index in [4.69, 9.17) is 12.2 Å². The van der Waals surface area contributed by atoms with E-state index in [0.29, 0.717) is 33.5 Å². The van der Waals surface area contributed by atoms with Crippen LogP contribution in [0.4, 0.5) is 15.9 Å². The van der Waals surface area contributed by atoms with Crippen LogP contribution in [0, 0.1) is 18.2 Å². The summed E-state index contributed by atoms with van der Waals surface area (Å²) in [5.74, 6) is 1.77. The van der Waals surface area contributed by atoms with Crippen molar-refractivity contribution in [1.29, 1.82) is 0 Å². The predicted octanol–water partition coefficient (Wildman–Crippen LogP) is 2.80. The maximum atomic E-state index is 14.7. The number of carbonyl (C=O) groups excluding carboxylic acids is 1. The number of nitrogens with zero attached hydrogens (tertiary/aromatic N) is 7. The zero-order valence-corrected chi connectivity index (χ0v) is 18.4. The van der Waals surface area contributed by atoms with Crippen LogP contribution < -0.4 is 10.6 Å². The first-order chi connectivity index (χ1) is 16.4. The summed E-state index contributed by atoms with van der Waals surface area (Å²) in [4.78, 5) is 23.7. The normalized spacial score (nSPS) is 11.1. The van der Waals surface area contributed by atoms with E-state index in [0.717, 1.165) is 10.9 Å². The summed E-state index contributed by atoms with van der Waals surface area (Å²) in [6.45, 7) is -0.111. The number of aromatic nitrogens is 6. The van der Waals surface area contributed by atoms with Crippen LogP contribution in [0.3, 0.4) is 0 Å². The molecule has 1 amide bonds. The van der Waals surface area contributed by atoms with Gasteiger partial charge in [-0.15, -0.1) is 6.42 Å². The van der Waals surface area contributed by atoms with Gasteiger partial charge in [0.1, 0.15) is 11.6 Å². The largest absolute Gasteiger partial charge is 0.383 e. The highest BCUT2D eigenvalue weighted by atomic mass is 19.1. The van der Waals surface area contributed by atoms with E-state index in [1.54, 1.807) is 54.1 Å². The Labute approximate surface area is 193 Å². The molecule has 0 spiro atoms. The number of fused-ring (bicyclic) bond motifs is 3. The maximum Gasteiger partial charge on any atom is 0.258 e. The number of nitrogen functional groups attached to an aromatic ring is 1. The standard InChI is InChI=1S/C24H19FN8O/c1-4-14-7-19(25)21(27-9-14)13-33(16-10-28-31(2)12-16)24(34)15-5-6-20-17(8-15)22-18(23(26)30-20)11-29-32(22)3/h1,5-12H,13H2,2-3H3,(H2,26,30). The fraction of sp³-hybridized carbons (Fsp3) is 0.125. The van der Waals surface area contributed by atoms with Gasteiger partial charge in [0.2, 0.25) is 0 Å². The van der Waals surface area contributed by atoms with Crippen LogP contribution >= 0.6 is 0 Å². The van der Waals surface area contributed by atoms with Crippen molar-refractivity contribution in [3.05, 3.63) is 71.7 Å². The van der Waals surface area contributed by atoms with Crippen LogP contribution in [0.2, 0.25) is 0 Å². The van der Waals surface area contributed by atoms with Gasteiger partial charge in [0.25, 0.3) is 5.91 Å². The van der Waals surface area contributed by atoms with Gasteiger partial charge >= 0.3 is 0 Å². The summed E-state index contributed by atoms with van der Waals surface area (Å²) in [5, 5.41) is 9.85. The molecule has 0 atom stereocenters. The van der Waals surface area contributed by atoms with Crippen LogP contribution in [0.25, 0.3) is 21.8 Å². The molecule has 168 valence electrons. The Hall–Kier alpha value is -4.78. The summed E-state index contributed by atoms with van der Waals surface area (Å²) in [6, 6.07) is 6.35. The Morgan fingerprint density at radius 3 is 2.71 bits per heavy atom. The molecule has 0 aliphatic rings. The molecule has 34 heavy (non-hydrogen) atoms. The quantitative estimate of drug-likeness (QED) is 0.419. The lowest BCUT2D eigenvalue weighted by Crippen LogP contribution is -2.31. The van der Waals surface area contributed by atoms with E-state index in [-0.39, 0.29) is 18.1 Å². The average molecular weight is 454 g/mol. The number of carbonyl (C=O) groups is 1. The van der Waals surface area contributed by atoms with Crippen LogP contribution in [-0.4, -0.2) is 35.4 Å². The second-order valence-electron chi connectivity index (χ2n) is 7.82. The van der Waals surface area contributed by atoms with Crippen LogP contribution in [0.1, 0.15) is 21.6 Å². The molecule has 0 aliphatic heterocycles. The molecule has 5 aromatic rings. The van der Waals surface area contributed by atoms with Crippen molar-refractivity contribution in [2.45, 2.75) is 6.54 Å². The average Bonchev–Trinajstić information content (AvgIpc) is 3.44. The summed E-state index contributed by atoms with van der Waals surface area (Å²) < 4.78 is 17.9. The van der Waals surface area contributed by atoms with E-state index in [1.165, 1.54) is 23.4 Å². The van der Waals surface area contributed by atoms with E-state index in [1.807, 2.05) is 0 Å². The fourth-order valence-electron chi connectivity index (χ4n) is 3.89. The molecule has 9 nitrogen and oxygen atoms in total. The minimum Gasteiger partial charge on any atom is -0.383 e. The number of hydrogen-bond acceptors (Lipinski definition) is 6. The number of hydrogen-bond donors (Lipinski definition) is 1. The van der Waals surface area contributed by atoms with Gasteiger partial charge in [0.05, 0.1) is 46.7 Å². The first kappa shape index (κ1) is 21.1. The number of anilines is 2. The minimum absolute atomic E-state index is 0.0838. The first-order valence-corrected chi connectivity index (χ1v) is 10.3. The lowest BCUT2D eigenvalue weighted by atomic mass is 10.1. The molecule has 1 aromatic carbocycles. The van der Waals surface area contributed by atoms with Gasteiger partial charge in [-0.05, 0) is 24.3 Å². The molecule has 4 heterocycles. The summed E-state index contributed by atoms with van der Waals surface area (Å²) in [5.41, 5.74) is 8.76. The second kappa shape index (κ2) is 7.97. The molecule has 0 fully saturated rings. The van der Waals surface area contributed by atoms with Gasteiger partial charge in [0, 0.05) is 43.0 Å². The van der Waals surface area contributed by atoms with Gasteiger partial charge in [0.15, 0.2) is 0 Å². The third-order valence-electron chi connectivity index (χ3n) is 5.59. The molecule has 10 heteroatoms. The van der Waals surface area contributed by atoms with Crippen molar-refractivity contribution >= 4 is 39.2 Å². The number of benzene rings is 1. The van der Waals surface area contributed by atoms with Crippen LogP contribution in [0.5, 0.6) is 0 Å². The SMILES string of the molecule is C#Cc1cnc(CN(C(=O)c2ccc3nc(N)c4cnn(C)c4c3c2)c2cnn(C)c2)c(F)c1. The smallest absolute Gasteiger partial charge is 0.258 e. The van der Waals surface area contributed by atoms with Crippen LogP contribution in [0.15, 0.2) is 49.1 Å². The van der Waals surface area contributed by atoms with E-state index < -0.39 is 5.82 Å². The van der Waals surface area contributed by atoms with E-state index >= 15 is 0 Å². The number of terminal acetylenes is 1. The molecule has 0 saturated heterocycles. The van der Waals surface area contributed by atoms with Gasteiger partial charge < -0.3 is 5.73 Å². The molecule has 0 saturated carbocycles. The van der Waals surface area contributed by atoms with Gasteiger partial charge in [-0.1, -0.05) is 5.92 Å². The molecule has 4 aromatic heterocycles. The maximum absolute atomic E-state index is 14.7. The van der Waals surface area contributed by atoms with Crippen LogP contribution in [-0.2, 0) is 20.6 Å². The number of halogens is 1. The van der Waals surface area contributed by atoms with Gasteiger partial charge in [-0.25, -0.2) is 9.37 Å². The third kappa shape index (κ3) is 3.49. The Morgan fingerprint density at radius 2 is 2.00 bits per heavy atom.